The van der Waals surface area contributed by atoms with Gasteiger partial charge >= 0.3 is 0 Å². The van der Waals surface area contributed by atoms with Crippen molar-refractivity contribution in [1.29, 1.82) is 0 Å². The topological polar surface area (TPSA) is 43.1 Å². The molecule has 0 amide bonds. The smallest absolute Gasteiger partial charge is 0.166 e. The van der Waals surface area contributed by atoms with Crippen LogP contribution in [-0.2, 0) is 5.33 Å². The van der Waals surface area contributed by atoms with Crippen molar-refractivity contribution in [2.45, 2.75) is 11.8 Å². The predicted molar refractivity (Wildman–Crippen MR) is 63.2 cm³/mol. The van der Waals surface area contributed by atoms with Crippen LogP contribution in [0.1, 0.15) is 22.3 Å². The molecule has 0 saturated carbocycles. The van der Waals surface area contributed by atoms with E-state index in [0.29, 0.717) is 28.9 Å². The molecule has 2 N–H and O–H groups in total. The molecule has 0 aliphatic heterocycles. The molecule has 0 bridgehead atoms. The Bertz CT molecular complexity index is 341. The van der Waals surface area contributed by atoms with Crippen molar-refractivity contribution >= 4 is 39.0 Å². The van der Waals surface area contributed by atoms with Gasteiger partial charge in [0.25, 0.3) is 0 Å². The van der Waals surface area contributed by atoms with Crippen molar-refractivity contribution in [2.75, 3.05) is 11.6 Å². The number of nitrogens with two attached hydrogens (primary N) is 1. The van der Waals surface area contributed by atoms with Crippen LogP contribution in [0.4, 0.5) is 5.69 Å². The lowest BCUT2D eigenvalue weighted by Gasteiger charge is -2.07. The molecule has 1 rings (SSSR count). The van der Waals surface area contributed by atoms with Gasteiger partial charge in [-0.05, 0) is 11.6 Å². The minimum absolute atomic E-state index is 0.000278. The summed E-state index contributed by atoms with van der Waals surface area (Å²) in [6.45, 7) is 0. The summed E-state index contributed by atoms with van der Waals surface area (Å²) in [7, 11) is 0. The summed E-state index contributed by atoms with van der Waals surface area (Å²) >= 11 is 8.81. The number of hydrogen-bond acceptors (Lipinski definition) is 2. The van der Waals surface area contributed by atoms with Gasteiger partial charge in [0.1, 0.15) is 0 Å². The van der Waals surface area contributed by atoms with Crippen LogP contribution in [0.5, 0.6) is 0 Å². The Morgan fingerprint density at radius 3 is 2.79 bits per heavy atom. The van der Waals surface area contributed by atoms with E-state index in [9.17, 15) is 4.79 Å². The summed E-state index contributed by atoms with van der Waals surface area (Å²) in [4.78, 5) is 11.6. The standard InChI is InChI=1S/C10H11BrClNO/c11-6-7-2-1-3-8(10(7)13)9(14)4-5-12/h1-3H,4-6,13H2. The number of nitrogen functional groups attached to an aromatic ring is 1. The first-order valence-corrected chi connectivity index (χ1v) is 5.88. The fraction of sp³-hybridized carbons (Fsp3) is 0.300. The molecule has 76 valence electrons. The van der Waals surface area contributed by atoms with Crippen LogP contribution in [-0.4, -0.2) is 11.7 Å². The molecule has 0 fully saturated rings. The fourth-order valence-corrected chi connectivity index (χ4v) is 1.85. The van der Waals surface area contributed by atoms with E-state index in [-0.39, 0.29) is 5.78 Å². The first kappa shape index (κ1) is 11.5. The SMILES string of the molecule is Nc1c(CBr)cccc1C(=O)CCCl. The van der Waals surface area contributed by atoms with E-state index in [1.807, 2.05) is 12.1 Å². The number of carbonyl (C=O) groups is 1. The molecule has 2 nitrogen and oxygen atoms in total. The number of hydrogen-bond donors (Lipinski definition) is 1. The van der Waals surface area contributed by atoms with Crippen LogP contribution in [0.15, 0.2) is 18.2 Å². The highest BCUT2D eigenvalue weighted by molar-refractivity contribution is 9.08. The Labute approximate surface area is 96.6 Å². The van der Waals surface area contributed by atoms with Crippen LogP contribution in [0, 0.1) is 0 Å². The molecule has 0 aliphatic rings. The van der Waals surface area contributed by atoms with Gasteiger partial charge in [0.05, 0.1) is 0 Å². The van der Waals surface area contributed by atoms with Gasteiger partial charge in [-0.3, -0.25) is 4.79 Å². The summed E-state index contributed by atoms with van der Waals surface area (Å²) in [6, 6.07) is 5.45. The first-order chi connectivity index (χ1) is 6.70. The third-order valence-corrected chi connectivity index (χ3v) is 2.76. The summed E-state index contributed by atoms with van der Waals surface area (Å²) in [6.07, 6.45) is 0.331. The molecule has 0 aliphatic carbocycles. The lowest BCUT2D eigenvalue weighted by molar-refractivity contribution is 0.0990. The summed E-state index contributed by atoms with van der Waals surface area (Å²) in [5.41, 5.74) is 7.89. The van der Waals surface area contributed by atoms with Gasteiger partial charge in [-0.2, -0.15) is 0 Å². The number of ketones is 1. The summed E-state index contributed by atoms with van der Waals surface area (Å²) < 4.78 is 0. The zero-order chi connectivity index (χ0) is 10.6. The molecular formula is C10H11BrClNO. The molecule has 1 aromatic carbocycles. The van der Waals surface area contributed by atoms with Crippen LogP contribution in [0.3, 0.4) is 0 Å². The van der Waals surface area contributed by atoms with E-state index in [1.165, 1.54) is 0 Å². The van der Waals surface area contributed by atoms with Crippen molar-refractivity contribution in [3.8, 4) is 0 Å². The molecular weight excluding hydrogens is 265 g/mol. The number of Topliss-reactive ketones (excluding diaryl/α,β-unsaturated/α-hetero) is 1. The third-order valence-electron chi connectivity index (χ3n) is 1.96. The van der Waals surface area contributed by atoms with Gasteiger partial charge in [-0.25, -0.2) is 0 Å². The normalized spacial score (nSPS) is 10.1. The number of carbonyl (C=O) groups excluding carboxylic acids is 1. The number of anilines is 1. The molecule has 0 spiro atoms. The zero-order valence-electron chi connectivity index (χ0n) is 7.59. The molecule has 0 atom stereocenters. The van der Waals surface area contributed by atoms with Gasteiger partial charge in [0.2, 0.25) is 0 Å². The highest BCUT2D eigenvalue weighted by atomic mass is 79.9. The molecule has 0 saturated heterocycles. The number of alkyl halides is 2. The quantitative estimate of drug-likeness (QED) is 0.522. The predicted octanol–water partition coefficient (Wildman–Crippen LogP) is 2.98. The minimum atomic E-state index is 0.000278. The lowest BCUT2D eigenvalue weighted by Crippen LogP contribution is -2.06. The first-order valence-electron chi connectivity index (χ1n) is 4.23. The monoisotopic (exact) mass is 275 g/mol. The number of halogens is 2. The van der Waals surface area contributed by atoms with Gasteiger partial charge in [-0.1, -0.05) is 28.1 Å². The zero-order valence-corrected chi connectivity index (χ0v) is 9.94. The molecule has 4 heteroatoms. The van der Waals surface area contributed by atoms with Gasteiger partial charge in [-0.15, -0.1) is 11.6 Å². The minimum Gasteiger partial charge on any atom is -0.398 e. The Kier molecular flexibility index (Phi) is 4.42. The van der Waals surface area contributed by atoms with E-state index in [4.69, 9.17) is 17.3 Å². The van der Waals surface area contributed by atoms with E-state index in [0.717, 1.165) is 5.56 Å². The Balaban J connectivity index is 3.03. The lowest BCUT2D eigenvalue weighted by atomic mass is 10.0. The van der Waals surface area contributed by atoms with Gasteiger partial charge in [0.15, 0.2) is 5.78 Å². The average molecular weight is 277 g/mol. The maximum atomic E-state index is 11.6. The number of rotatable bonds is 4. The Morgan fingerprint density at radius 2 is 2.21 bits per heavy atom. The van der Waals surface area contributed by atoms with E-state index in [1.54, 1.807) is 6.07 Å². The van der Waals surface area contributed by atoms with E-state index in [2.05, 4.69) is 15.9 Å². The average Bonchev–Trinajstić information content (AvgIpc) is 2.18. The maximum Gasteiger partial charge on any atom is 0.166 e. The molecule has 0 aromatic heterocycles. The summed E-state index contributed by atoms with van der Waals surface area (Å²) in [5.74, 6) is 0.330. The Hall–Kier alpha value is -0.540. The highest BCUT2D eigenvalue weighted by Gasteiger charge is 2.10. The van der Waals surface area contributed by atoms with Crippen molar-refractivity contribution in [3.63, 3.8) is 0 Å². The number of benzene rings is 1. The molecule has 0 radical (unpaired) electrons. The van der Waals surface area contributed by atoms with Crippen LogP contribution in [0.2, 0.25) is 0 Å². The number of para-hydroxylation sites is 1. The van der Waals surface area contributed by atoms with Gasteiger partial charge in [0, 0.05) is 28.9 Å². The van der Waals surface area contributed by atoms with Crippen molar-refractivity contribution < 1.29 is 4.79 Å². The molecule has 0 heterocycles. The molecule has 14 heavy (non-hydrogen) atoms. The Morgan fingerprint density at radius 1 is 1.50 bits per heavy atom. The van der Waals surface area contributed by atoms with Crippen molar-refractivity contribution in [1.82, 2.24) is 0 Å². The second kappa shape index (κ2) is 5.37. The van der Waals surface area contributed by atoms with Crippen LogP contribution < -0.4 is 5.73 Å². The van der Waals surface area contributed by atoms with E-state index < -0.39 is 0 Å². The van der Waals surface area contributed by atoms with Crippen molar-refractivity contribution in [2.24, 2.45) is 0 Å². The second-order valence-corrected chi connectivity index (χ2v) is 3.81. The third kappa shape index (κ3) is 2.49. The largest absolute Gasteiger partial charge is 0.398 e. The van der Waals surface area contributed by atoms with Crippen LogP contribution >= 0.6 is 27.5 Å². The second-order valence-electron chi connectivity index (χ2n) is 2.87. The van der Waals surface area contributed by atoms with Gasteiger partial charge < -0.3 is 5.73 Å². The summed E-state index contributed by atoms with van der Waals surface area (Å²) in [5, 5.41) is 0.654. The molecule has 0 unspecified atom stereocenters. The maximum absolute atomic E-state index is 11.6. The molecule has 1 aromatic rings. The van der Waals surface area contributed by atoms with Crippen LogP contribution in [0.25, 0.3) is 0 Å². The van der Waals surface area contributed by atoms with Crippen molar-refractivity contribution in [3.05, 3.63) is 29.3 Å². The van der Waals surface area contributed by atoms with E-state index >= 15 is 0 Å². The highest BCUT2D eigenvalue weighted by Crippen LogP contribution is 2.21. The fourth-order valence-electron chi connectivity index (χ4n) is 1.19.